The summed E-state index contributed by atoms with van der Waals surface area (Å²) in [5.74, 6) is -2.51. The number of carbonyl (C=O) groups excluding carboxylic acids is 1. The Morgan fingerprint density at radius 1 is 1.30 bits per heavy atom. The van der Waals surface area contributed by atoms with Crippen molar-refractivity contribution in [2.24, 2.45) is 0 Å². The van der Waals surface area contributed by atoms with E-state index in [1.807, 2.05) is 6.92 Å². The van der Waals surface area contributed by atoms with Gasteiger partial charge in [-0.05, 0) is 25.1 Å². The molecule has 11 heteroatoms. The number of hydrogen-bond acceptors (Lipinski definition) is 7. The van der Waals surface area contributed by atoms with Crippen molar-refractivity contribution in [3.63, 3.8) is 0 Å². The Hall–Kier alpha value is -4.46. The van der Waals surface area contributed by atoms with Crippen molar-refractivity contribution < 1.29 is 18.3 Å². The third kappa shape index (κ3) is 4.31. The van der Waals surface area contributed by atoms with Crippen molar-refractivity contribution in [2.75, 3.05) is 24.3 Å². The number of aromatic nitrogens is 3. The molecule has 1 aliphatic heterocycles. The summed E-state index contributed by atoms with van der Waals surface area (Å²) in [5, 5.41) is 16.1. The van der Waals surface area contributed by atoms with Gasteiger partial charge in [-0.25, -0.2) is 0 Å². The number of nitrogens with one attached hydrogen (secondary N) is 3. The number of benzene rings is 1. The molecule has 33 heavy (non-hydrogen) atoms. The minimum absolute atomic E-state index is 0.240. The maximum atomic E-state index is 13.2. The molecular formula is C22H19F2N7O2. The molecule has 1 amide bonds. The normalized spacial score (nSPS) is 14.2. The van der Waals surface area contributed by atoms with Crippen molar-refractivity contribution in [2.45, 2.75) is 12.8 Å². The molecule has 3 heterocycles. The second-order valence-corrected chi connectivity index (χ2v) is 7.02. The van der Waals surface area contributed by atoms with Crippen LogP contribution >= 0.6 is 0 Å². The first-order valence-electron chi connectivity index (χ1n) is 9.92. The molecule has 1 aromatic carbocycles. The third-order valence-electron chi connectivity index (χ3n) is 4.84. The molecule has 3 aromatic rings. The van der Waals surface area contributed by atoms with Crippen molar-refractivity contribution in [3.05, 3.63) is 60.1 Å². The fourth-order valence-electron chi connectivity index (χ4n) is 3.27. The number of halogens is 2. The molecule has 0 bridgehead atoms. The fraction of sp³-hybridized carbons (Fsp3) is 0.182. The predicted octanol–water partition coefficient (Wildman–Crippen LogP) is 4.13. The van der Waals surface area contributed by atoms with Gasteiger partial charge in [-0.2, -0.15) is 24.0 Å². The number of fused-ring (bicyclic) bond motifs is 1. The lowest BCUT2D eigenvalue weighted by Gasteiger charge is -2.20. The van der Waals surface area contributed by atoms with Crippen LogP contribution in [0.15, 0.2) is 48.9 Å². The standard InChI is InChI=1S/C22H19F2N7O2/c1-3-26-18-17-14(11-25)12-27-19(17)30-21(29-18)28-15-5-4-13(10-16(15)33-2)20(32)31-8-6-22(23,24)7-9-31/h4-10,12H,3H2,1-2H3,(H3,26,27,28,29,30). The Morgan fingerprint density at radius 2 is 2.06 bits per heavy atom. The van der Waals surface area contributed by atoms with E-state index >= 15 is 0 Å². The Kier molecular flexibility index (Phi) is 5.66. The summed E-state index contributed by atoms with van der Waals surface area (Å²) in [5.41, 5.74) is 1.63. The molecule has 0 atom stereocenters. The molecule has 0 fully saturated rings. The van der Waals surface area contributed by atoms with Gasteiger partial charge in [0.2, 0.25) is 5.95 Å². The summed E-state index contributed by atoms with van der Waals surface area (Å²) in [6.45, 7) is 2.50. The van der Waals surface area contributed by atoms with Gasteiger partial charge in [-0.3, -0.25) is 9.69 Å². The summed E-state index contributed by atoms with van der Waals surface area (Å²) < 4.78 is 31.9. The maximum Gasteiger partial charge on any atom is 0.288 e. The minimum atomic E-state index is -3.08. The number of nitrogens with zero attached hydrogens (tertiary/aromatic N) is 4. The highest BCUT2D eigenvalue weighted by Crippen LogP contribution is 2.31. The zero-order valence-corrected chi connectivity index (χ0v) is 17.7. The van der Waals surface area contributed by atoms with Gasteiger partial charge in [0.15, 0.2) is 0 Å². The van der Waals surface area contributed by atoms with E-state index in [0.717, 1.165) is 17.3 Å². The lowest BCUT2D eigenvalue weighted by Crippen LogP contribution is -2.25. The SMILES string of the molecule is CCNc1nc(Nc2ccc(C(=O)N3C=CC(F)(F)C=C3)cc2OC)nc2[nH]cc(C#N)c12. The van der Waals surface area contributed by atoms with Crippen LogP contribution in [0.4, 0.5) is 26.2 Å². The van der Waals surface area contributed by atoms with Crippen molar-refractivity contribution in [1.82, 2.24) is 19.9 Å². The number of hydrogen-bond donors (Lipinski definition) is 3. The van der Waals surface area contributed by atoms with Gasteiger partial charge in [0.25, 0.3) is 11.8 Å². The van der Waals surface area contributed by atoms with E-state index in [9.17, 15) is 18.8 Å². The van der Waals surface area contributed by atoms with E-state index in [1.54, 1.807) is 12.3 Å². The van der Waals surface area contributed by atoms with Crippen LogP contribution in [0.2, 0.25) is 0 Å². The molecule has 0 saturated carbocycles. The largest absolute Gasteiger partial charge is 0.495 e. The molecule has 0 unspecified atom stereocenters. The first-order chi connectivity index (χ1) is 15.8. The number of carbonyl (C=O) groups is 1. The van der Waals surface area contributed by atoms with E-state index in [4.69, 9.17) is 4.74 Å². The highest BCUT2D eigenvalue weighted by molar-refractivity contribution is 5.97. The first-order valence-corrected chi connectivity index (χ1v) is 9.92. The van der Waals surface area contributed by atoms with Crippen molar-refractivity contribution in [1.29, 1.82) is 5.26 Å². The second kappa shape index (κ2) is 8.58. The predicted molar refractivity (Wildman–Crippen MR) is 118 cm³/mol. The van der Waals surface area contributed by atoms with Crippen LogP contribution in [0.3, 0.4) is 0 Å². The molecule has 2 aromatic heterocycles. The average Bonchev–Trinajstić information content (AvgIpc) is 3.22. The van der Waals surface area contributed by atoms with Crippen molar-refractivity contribution in [3.8, 4) is 11.8 Å². The second-order valence-electron chi connectivity index (χ2n) is 7.02. The number of alkyl halides is 2. The Balaban J connectivity index is 1.63. The Bertz CT molecular complexity index is 1310. The summed E-state index contributed by atoms with van der Waals surface area (Å²) in [6, 6.07) is 6.74. The van der Waals surface area contributed by atoms with E-state index < -0.39 is 11.8 Å². The average molecular weight is 451 g/mol. The van der Waals surface area contributed by atoms with E-state index in [1.165, 1.54) is 19.2 Å². The highest BCUT2D eigenvalue weighted by atomic mass is 19.3. The fourth-order valence-corrected chi connectivity index (χ4v) is 3.27. The zero-order chi connectivity index (χ0) is 23.6. The van der Waals surface area contributed by atoms with Gasteiger partial charge in [-0.15, -0.1) is 0 Å². The van der Waals surface area contributed by atoms with Crippen molar-refractivity contribution >= 4 is 34.4 Å². The monoisotopic (exact) mass is 451 g/mol. The molecule has 0 aliphatic carbocycles. The number of rotatable bonds is 6. The molecule has 3 N–H and O–H groups in total. The molecule has 1 aliphatic rings. The van der Waals surface area contributed by atoms with E-state index in [2.05, 4.69) is 31.7 Å². The van der Waals surface area contributed by atoms with E-state index in [0.29, 0.717) is 52.5 Å². The summed E-state index contributed by atoms with van der Waals surface area (Å²) in [7, 11) is 1.44. The summed E-state index contributed by atoms with van der Waals surface area (Å²) >= 11 is 0. The molecule has 4 rings (SSSR count). The van der Waals surface area contributed by atoms with Gasteiger partial charge < -0.3 is 20.4 Å². The van der Waals surface area contributed by atoms with Crippen LogP contribution in [0, 0.1) is 11.3 Å². The lowest BCUT2D eigenvalue weighted by molar-refractivity contribution is 0.0824. The number of amides is 1. The lowest BCUT2D eigenvalue weighted by atomic mass is 10.1. The quantitative estimate of drug-likeness (QED) is 0.516. The summed E-state index contributed by atoms with van der Waals surface area (Å²) in [6.07, 6.45) is 4.90. The topological polar surface area (TPSA) is 119 Å². The van der Waals surface area contributed by atoms with Crippen LogP contribution in [0.1, 0.15) is 22.8 Å². The Labute approximate surface area is 187 Å². The number of H-pyrrole nitrogens is 1. The molecule has 0 spiro atoms. The zero-order valence-electron chi connectivity index (χ0n) is 17.7. The molecule has 0 radical (unpaired) electrons. The van der Waals surface area contributed by atoms with Gasteiger partial charge in [-0.1, -0.05) is 0 Å². The summed E-state index contributed by atoms with van der Waals surface area (Å²) in [4.78, 5) is 25.6. The number of nitriles is 1. The van der Waals surface area contributed by atoms with Crippen LogP contribution in [-0.2, 0) is 0 Å². The van der Waals surface area contributed by atoms with Gasteiger partial charge in [0.1, 0.15) is 23.3 Å². The molecule has 0 saturated heterocycles. The Morgan fingerprint density at radius 3 is 2.73 bits per heavy atom. The van der Waals surface area contributed by atoms with Gasteiger partial charge >= 0.3 is 0 Å². The molecule has 9 nitrogen and oxygen atoms in total. The molecule has 168 valence electrons. The number of allylic oxidation sites excluding steroid dienone is 2. The third-order valence-corrected chi connectivity index (χ3v) is 4.84. The number of aromatic amines is 1. The molecular weight excluding hydrogens is 432 g/mol. The number of anilines is 3. The van der Waals surface area contributed by atoms with Gasteiger partial charge in [0, 0.05) is 42.9 Å². The number of ether oxygens (including phenoxy) is 1. The smallest absolute Gasteiger partial charge is 0.288 e. The first kappa shape index (κ1) is 21.8. The van der Waals surface area contributed by atoms with Crippen LogP contribution < -0.4 is 15.4 Å². The van der Waals surface area contributed by atoms with E-state index in [-0.39, 0.29) is 11.5 Å². The minimum Gasteiger partial charge on any atom is -0.495 e. The van der Waals surface area contributed by atoms with Crippen LogP contribution in [-0.4, -0.2) is 45.3 Å². The van der Waals surface area contributed by atoms with Crippen LogP contribution in [0.25, 0.3) is 11.0 Å². The highest BCUT2D eigenvalue weighted by Gasteiger charge is 2.26. The number of methoxy groups -OCH3 is 1. The van der Waals surface area contributed by atoms with Crippen LogP contribution in [0.5, 0.6) is 5.75 Å². The maximum absolute atomic E-state index is 13.2. The van der Waals surface area contributed by atoms with Gasteiger partial charge in [0.05, 0.1) is 23.7 Å².